The van der Waals surface area contributed by atoms with Gasteiger partial charge in [0, 0.05) is 16.9 Å². The minimum atomic E-state index is -0.447. The molecule has 1 amide bonds. The molecular weight excluding hydrogens is 336 g/mol. The third-order valence-corrected chi connectivity index (χ3v) is 4.14. The van der Waals surface area contributed by atoms with E-state index < -0.39 is 5.91 Å². The van der Waals surface area contributed by atoms with Crippen LogP contribution in [0.3, 0.4) is 0 Å². The number of aromatic nitrogens is 1. The standard InChI is InChI=1S/C20H17ClN2O2/c1-14-9-10-16(21)12-18(14)22-19(24)17-8-5-11-23(20(17)25)13-15-6-3-2-4-7-15/h2-12H,13H2,1H3,(H,22,24). The van der Waals surface area contributed by atoms with E-state index in [0.29, 0.717) is 17.3 Å². The number of carbonyl (C=O) groups excluding carboxylic acids is 1. The first-order valence-corrected chi connectivity index (χ1v) is 8.23. The summed E-state index contributed by atoms with van der Waals surface area (Å²) in [7, 11) is 0. The minimum absolute atomic E-state index is 0.0952. The largest absolute Gasteiger partial charge is 0.322 e. The molecule has 0 saturated carbocycles. The first-order valence-electron chi connectivity index (χ1n) is 7.85. The molecule has 25 heavy (non-hydrogen) atoms. The maximum absolute atomic E-state index is 12.6. The van der Waals surface area contributed by atoms with E-state index in [1.54, 1.807) is 24.4 Å². The highest BCUT2D eigenvalue weighted by molar-refractivity contribution is 6.31. The Balaban J connectivity index is 1.87. The lowest BCUT2D eigenvalue weighted by Gasteiger charge is -2.10. The normalized spacial score (nSPS) is 10.5. The van der Waals surface area contributed by atoms with Crippen LogP contribution < -0.4 is 10.9 Å². The van der Waals surface area contributed by atoms with Crippen LogP contribution in [0, 0.1) is 6.92 Å². The highest BCUT2D eigenvalue weighted by Crippen LogP contribution is 2.20. The number of halogens is 1. The van der Waals surface area contributed by atoms with Gasteiger partial charge >= 0.3 is 0 Å². The Labute approximate surface area is 150 Å². The SMILES string of the molecule is Cc1ccc(Cl)cc1NC(=O)c1cccn(Cc2ccccc2)c1=O. The molecule has 0 fully saturated rings. The maximum Gasteiger partial charge on any atom is 0.263 e. The molecule has 0 atom stereocenters. The molecule has 126 valence electrons. The van der Waals surface area contributed by atoms with Gasteiger partial charge in [-0.05, 0) is 42.3 Å². The van der Waals surface area contributed by atoms with Crippen molar-refractivity contribution in [3.8, 4) is 0 Å². The van der Waals surface area contributed by atoms with Gasteiger partial charge < -0.3 is 9.88 Å². The number of aryl methyl sites for hydroxylation is 1. The zero-order chi connectivity index (χ0) is 17.8. The van der Waals surface area contributed by atoms with Gasteiger partial charge in [-0.15, -0.1) is 0 Å². The van der Waals surface area contributed by atoms with Gasteiger partial charge in [0.2, 0.25) is 0 Å². The van der Waals surface area contributed by atoms with Crippen LogP contribution in [0.15, 0.2) is 71.7 Å². The number of nitrogens with zero attached hydrogens (tertiary/aromatic N) is 1. The summed E-state index contributed by atoms with van der Waals surface area (Å²) in [6, 6.07) is 18.1. The summed E-state index contributed by atoms with van der Waals surface area (Å²) in [4.78, 5) is 25.2. The van der Waals surface area contributed by atoms with Crippen LogP contribution >= 0.6 is 11.6 Å². The molecule has 5 heteroatoms. The second-order valence-electron chi connectivity index (χ2n) is 5.75. The van der Waals surface area contributed by atoms with Crippen LogP contribution in [0.2, 0.25) is 5.02 Å². The van der Waals surface area contributed by atoms with E-state index in [1.165, 1.54) is 10.6 Å². The molecule has 0 saturated heterocycles. The Morgan fingerprint density at radius 3 is 2.60 bits per heavy atom. The Kier molecular flexibility index (Phi) is 5.00. The molecule has 0 bridgehead atoms. The number of hydrogen-bond acceptors (Lipinski definition) is 2. The van der Waals surface area contributed by atoms with Crippen molar-refractivity contribution >= 4 is 23.2 Å². The topological polar surface area (TPSA) is 51.1 Å². The molecule has 2 aromatic carbocycles. The van der Waals surface area contributed by atoms with E-state index in [9.17, 15) is 9.59 Å². The molecule has 3 rings (SSSR count). The number of nitrogens with one attached hydrogen (secondary N) is 1. The van der Waals surface area contributed by atoms with Gasteiger partial charge in [0.05, 0.1) is 6.54 Å². The second kappa shape index (κ2) is 7.36. The Morgan fingerprint density at radius 1 is 1.08 bits per heavy atom. The summed E-state index contributed by atoms with van der Waals surface area (Å²) >= 11 is 5.98. The third-order valence-electron chi connectivity index (χ3n) is 3.91. The number of pyridine rings is 1. The number of benzene rings is 2. The fraction of sp³-hybridized carbons (Fsp3) is 0.100. The van der Waals surface area contributed by atoms with Gasteiger partial charge in [-0.25, -0.2) is 0 Å². The van der Waals surface area contributed by atoms with Crippen LogP contribution in [0.1, 0.15) is 21.5 Å². The summed E-state index contributed by atoms with van der Waals surface area (Å²) < 4.78 is 1.52. The predicted octanol–water partition coefficient (Wildman–Crippen LogP) is 4.11. The third kappa shape index (κ3) is 3.98. The first-order chi connectivity index (χ1) is 12.0. The predicted molar refractivity (Wildman–Crippen MR) is 100 cm³/mol. The lowest BCUT2D eigenvalue weighted by atomic mass is 10.2. The van der Waals surface area contributed by atoms with Crippen molar-refractivity contribution in [2.75, 3.05) is 5.32 Å². The van der Waals surface area contributed by atoms with Crippen molar-refractivity contribution in [1.82, 2.24) is 4.57 Å². The maximum atomic E-state index is 12.6. The number of hydrogen-bond donors (Lipinski definition) is 1. The van der Waals surface area contributed by atoms with E-state index in [0.717, 1.165) is 11.1 Å². The monoisotopic (exact) mass is 352 g/mol. The van der Waals surface area contributed by atoms with Crippen molar-refractivity contribution in [1.29, 1.82) is 0 Å². The summed E-state index contributed by atoms with van der Waals surface area (Å²) in [5.41, 5.74) is 2.22. The van der Waals surface area contributed by atoms with Gasteiger partial charge in [-0.1, -0.05) is 48.0 Å². The van der Waals surface area contributed by atoms with Crippen molar-refractivity contribution in [2.24, 2.45) is 0 Å². The van der Waals surface area contributed by atoms with Crippen LogP contribution in [-0.4, -0.2) is 10.5 Å². The van der Waals surface area contributed by atoms with E-state index in [-0.39, 0.29) is 11.1 Å². The summed E-state index contributed by atoms with van der Waals surface area (Å²) in [6.07, 6.45) is 1.68. The van der Waals surface area contributed by atoms with Crippen LogP contribution in [0.25, 0.3) is 0 Å². The van der Waals surface area contributed by atoms with Crippen molar-refractivity contribution in [3.05, 3.63) is 98.9 Å². The van der Waals surface area contributed by atoms with Crippen molar-refractivity contribution in [2.45, 2.75) is 13.5 Å². The highest BCUT2D eigenvalue weighted by atomic mass is 35.5. The minimum Gasteiger partial charge on any atom is -0.322 e. The average molecular weight is 353 g/mol. The molecule has 1 heterocycles. The van der Waals surface area contributed by atoms with Crippen molar-refractivity contribution in [3.63, 3.8) is 0 Å². The number of carbonyl (C=O) groups is 1. The van der Waals surface area contributed by atoms with E-state index in [4.69, 9.17) is 11.6 Å². The fourth-order valence-electron chi connectivity index (χ4n) is 2.53. The summed E-state index contributed by atoms with van der Waals surface area (Å²) in [6.45, 7) is 2.28. The molecule has 4 nitrogen and oxygen atoms in total. The molecule has 0 aliphatic heterocycles. The Hall–Kier alpha value is -2.85. The Bertz CT molecular complexity index is 965. The number of amides is 1. The quantitative estimate of drug-likeness (QED) is 0.768. The van der Waals surface area contributed by atoms with Crippen molar-refractivity contribution < 1.29 is 4.79 Å². The molecule has 1 N–H and O–H groups in total. The van der Waals surface area contributed by atoms with Gasteiger partial charge in [-0.3, -0.25) is 9.59 Å². The summed E-state index contributed by atoms with van der Waals surface area (Å²) in [5.74, 6) is -0.447. The van der Waals surface area contributed by atoms with E-state index in [1.807, 2.05) is 43.3 Å². The zero-order valence-corrected chi connectivity index (χ0v) is 14.5. The average Bonchev–Trinajstić information content (AvgIpc) is 2.61. The molecular formula is C20H17ClN2O2. The van der Waals surface area contributed by atoms with Crippen LogP contribution in [0.4, 0.5) is 5.69 Å². The number of anilines is 1. The summed E-state index contributed by atoms with van der Waals surface area (Å²) in [5, 5.41) is 3.29. The molecule has 1 aromatic heterocycles. The van der Waals surface area contributed by atoms with E-state index in [2.05, 4.69) is 5.32 Å². The Morgan fingerprint density at radius 2 is 1.84 bits per heavy atom. The van der Waals surface area contributed by atoms with Gasteiger partial charge in [0.15, 0.2) is 0 Å². The zero-order valence-electron chi connectivity index (χ0n) is 13.7. The first kappa shape index (κ1) is 17.0. The lowest BCUT2D eigenvalue weighted by molar-refractivity contribution is 0.102. The lowest BCUT2D eigenvalue weighted by Crippen LogP contribution is -2.29. The van der Waals surface area contributed by atoms with Gasteiger partial charge in [0.25, 0.3) is 11.5 Å². The van der Waals surface area contributed by atoms with E-state index >= 15 is 0 Å². The molecule has 0 aliphatic rings. The molecule has 0 unspecified atom stereocenters. The fourth-order valence-corrected chi connectivity index (χ4v) is 2.70. The van der Waals surface area contributed by atoms with Crippen LogP contribution in [-0.2, 0) is 6.54 Å². The molecule has 0 aliphatic carbocycles. The molecule has 3 aromatic rings. The second-order valence-corrected chi connectivity index (χ2v) is 6.19. The molecule has 0 radical (unpaired) electrons. The molecule has 0 spiro atoms. The van der Waals surface area contributed by atoms with Gasteiger partial charge in [0.1, 0.15) is 5.56 Å². The van der Waals surface area contributed by atoms with Crippen LogP contribution in [0.5, 0.6) is 0 Å². The number of rotatable bonds is 4. The highest BCUT2D eigenvalue weighted by Gasteiger charge is 2.13. The van der Waals surface area contributed by atoms with Gasteiger partial charge in [-0.2, -0.15) is 0 Å². The smallest absolute Gasteiger partial charge is 0.263 e.